The van der Waals surface area contributed by atoms with E-state index in [1.54, 1.807) is 0 Å². The molecule has 6 N–H and O–H groups in total. The van der Waals surface area contributed by atoms with Gasteiger partial charge in [0.05, 0.1) is 0 Å². The summed E-state index contributed by atoms with van der Waals surface area (Å²) >= 11 is 0. The van der Waals surface area contributed by atoms with Gasteiger partial charge in [0.1, 0.15) is 11.6 Å². The number of hydrogen-bond acceptors (Lipinski definition) is 4. The molecule has 0 bridgehead atoms. The first-order chi connectivity index (χ1) is 10.1. The Kier molecular flexibility index (Phi) is 7.70. The number of amides is 4. The van der Waals surface area contributed by atoms with Crippen molar-refractivity contribution < 1.29 is 29.4 Å². The third kappa shape index (κ3) is 7.31. The molecule has 1 unspecified atom stereocenters. The maximum absolute atomic E-state index is 12.1. The maximum Gasteiger partial charge on any atom is 0.405 e. The molecule has 0 spiro atoms. The molecule has 22 heavy (non-hydrogen) atoms. The van der Waals surface area contributed by atoms with Crippen LogP contribution in [0.3, 0.4) is 0 Å². The van der Waals surface area contributed by atoms with E-state index in [0.29, 0.717) is 0 Å². The quantitative estimate of drug-likeness (QED) is 0.325. The van der Waals surface area contributed by atoms with E-state index in [9.17, 15) is 19.2 Å². The van der Waals surface area contributed by atoms with Crippen molar-refractivity contribution in [2.75, 3.05) is 13.6 Å². The van der Waals surface area contributed by atoms with Crippen molar-refractivity contribution in [3.8, 4) is 0 Å². The van der Waals surface area contributed by atoms with E-state index in [2.05, 4.69) is 16.0 Å². The van der Waals surface area contributed by atoms with Crippen LogP contribution in [0.1, 0.15) is 26.7 Å². The second kappa shape index (κ2) is 8.70. The van der Waals surface area contributed by atoms with Crippen LogP contribution in [-0.4, -0.2) is 59.4 Å². The Labute approximate surface area is 127 Å². The van der Waals surface area contributed by atoms with Crippen LogP contribution in [-0.2, 0) is 9.59 Å². The normalized spacial score (nSPS) is 12.0. The fourth-order valence-electron chi connectivity index (χ4n) is 1.68. The number of hydrogen-bond donors (Lipinski definition) is 6. The maximum atomic E-state index is 12.1. The zero-order valence-corrected chi connectivity index (χ0v) is 12.7. The predicted octanol–water partition coefficient (Wildman–Crippen LogP) is -0.689. The zero-order valence-electron chi connectivity index (χ0n) is 12.7. The van der Waals surface area contributed by atoms with Crippen molar-refractivity contribution in [3.05, 3.63) is 0 Å². The van der Waals surface area contributed by atoms with E-state index in [1.807, 2.05) is 5.32 Å². The standard InChI is InChI=1S/C12H22N4O6/c1-12(2,9(18)13-3)16-8(17)7(15-11(21)22)5-4-6-14-10(19)20/h7,14-15H,4-6H2,1-3H3,(H,13,18)(H,16,17)(H,19,20)(H,21,22). The minimum absolute atomic E-state index is 0.0826. The predicted molar refractivity (Wildman–Crippen MR) is 76.5 cm³/mol. The van der Waals surface area contributed by atoms with Gasteiger partial charge >= 0.3 is 12.2 Å². The van der Waals surface area contributed by atoms with Crippen LogP contribution in [0.2, 0.25) is 0 Å². The summed E-state index contributed by atoms with van der Waals surface area (Å²) < 4.78 is 0. The van der Waals surface area contributed by atoms with Gasteiger partial charge in [0, 0.05) is 13.6 Å². The minimum Gasteiger partial charge on any atom is -0.465 e. The summed E-state index contributed by atoms with van der Waals surface area (Å²) in [6.07, 6.45) is -2.25. The number of carbonyl (C=O) groups excluding carboxylic acids is 2. The molecule has 0 aromatic heterocycles. The Morgan fingerprint density at radius 3 is 2.14 bits per heavy atom. The van der Waals surface area contributed by atoms with E-state index in [-0.39, 0.29) is 19.4 Å². The number of carbonyl (C=O) groups is 4. The Bertz CT molecular complexity index is 437. The van der Waals surface area contributed by atoms with Crippen molar-refractivity contribution in [2.24, 2.45) is 0 Å². The smallest absolute Gasteiger partial charge is 0.405 e. The van der Waals surface area contributed by atoms with Crippen molar-refractivity contribution in [1.29, 1.82) is 0 Å². The Hall–Kier alpha value is -2.52. The summed E-state index contributed by atoms with van der Waals surface area (Å²) in [5.41, 5.74) is -1.20. The van der Waals surface area contributed by atoms with Gasteiger partial charge in [-0.2, -0.15) is 0 Å². The minimum atomic E-state index is -1.39. The van der Waals surface area contributed by atoms with E-state index >= 15 is 0 Å². The third-order valence-corrected chi connectivity index (χ3v) is 2.79. The van der Waals surface area contributed by atoms with E-state index in [0.717, 1.165) is 0 Å². The number of nitrogens with one attached hydrogen (secondary N) is 4. The molecule has 0 heterocycles. The second-order valence-electron chi connectivity index (χ2n) is 5.07. The molecule has 126 valence electrons. The molecule has 0 saturated heterocycles. The SMILES string of the molecule is CNC(=O)C(C)(C)NC(=O)C(CCCNC(=O)O)NC(=O)O. The average molecular weight is 318 g/mol. The molecule has 0 aromatic carbocycles. The molecule has 0 aromatic rings. The molecular formula is C12H22N4O6. The van der Waals surface area contributed by atoms with Crippen LogP contribution in [0.5, 0.6) is 0 Å². The molecule has 0 aliphatic rings. The Morgan fingerprint density at radius 1 is 1.09 bits per heavy atom. The number of rotatable bonds is 8. The fourth-order valence-corrected chi connectivity index (χ4v) is 1.68. The topological polar surface area (TPSA) is 157 Å². The van der Waals surface area contributed by atoms with E-state index in [1.165, 1.54) is 20.9 Å². The highest BCUT2D eigenvalue weighted by molar-refractivity contribution is 5.93. The van der Waals surface area contributed by atoms with Gasteiger partial charge in [-0.1, -0.05) is 0 Å². The highest BCUT2D eigenvalue weighted by Crippen LogP contribution is 2.05. The lowest BCUT2D eigenvalue weighted by Gasteiger charge is -2.27. The largest absolute Gasteiger partial charge is 0.465 e. The summed E-state index contributed by atoms with van der Waals surface area (Å²) in [7, 11) is 1.42. The summed E-state index contributed by atoms with van der Waals surface area (Å²) in [5.74, 6) is -1.09. The highest BCUT2D eigenvalue weighted by Gasteiger charge is 2.31. The lowest BCUT2D eigenvalue weighted by molar-refractivity contribution is -0.133. The third-order valence-electron chi connectivity index (χ3n) is 2.79. The van der Waals surface area contributed by atoms with Gasteiger partial charge in [0.15, 0.2) is 0 Å². The lowest BCUT2D eigenvalue weighted by atomic mass is 10.0. The first-order valence-corrected chi connectivity index (χ1v) is 6.60. The van der Waals surface area contributed by atoms with E-state index in [4.69, 9.17) is 10.2 Å². The van der Waals surface area contributed by atoms with Gasteiger partial charge in [-0.25, -0.2) is 9.59 Å². The number of carboxylic acid groups (broad SMARTS) is 2. The van der Waals surface area contributed by atoms with Gasteiger partial charge in [-0.05, 0) is 26.7 Å². The molecule has 0 fully saturated rings. The van der Waals surface area contributed by atoms with Gasteiger partial charge in [-0.15, -0.1) is 0 Å². The van der Waals surface area contributed by atoms with Crippen molar-refractivity contribution >= 4 is 24.0 Å². The van der Waals surface area contributed by atoms with Crippen LogP contribution in [0.25, 0.3) is 0 Å². The molecule has 10 heteroatoms. The highest BCUT2D eigenvalue weighted by atomic mass is 16.4. The molecule has 0 radical (unpaired) electrons. The lowest BCUT2D eigenvalue weighted by Crippen LogP contribution is -2.58. The zero-order chi connectivity index (χ0) is 17.3. The second-order valence-corrected chi connectivity index (χ2v) is 5.07. The van der Waals surface area contributed by atoms with Gasteiger partial charge in [-0.3, -0.25) is 9.59 Å². The van der Waals surface area contributed by atoms with Gasteiger partial charge in [0.2, 0.25) is 11.8 Å². The van der Waals surface area contributed by atoms with Crippen molar-refractivity contribution in [3.63, 3.8) is 0 Å². The molecule has 0 aliphatic carbocycles. The summed E-state index contributed by atoms with van der Waals surface area (Å²) in [4.78, 5) is 44.7. The van der Waals surface area contributed by atoms with Crippen molar-refractivity contribution in [1.82, 2.24) is 21.3 Å². The fraction of sp³-hybridized carbons (Fsp3) is 0.667. The molecule has 1 atom stereocenters. The van der Waals surface area contributed by atoms with Gasteiger partial charge in [0.25, 0.3) is 0 Å². The van der Waals surface area contributed by atoms with Gasteiger partial charge < -0.3 is 31.5 Å². The molecule has 4 amide bonds. The Morgan fingerprint density at radius 2 is 1.68 bits per heavy atom. The van der Waals surface area contributed by atoms with Crippen LogP contribution >= 0.6 is 0 Å². The molecule has 10 nitrogen and oxygen atoms in total. The first kappa shape index (κ1) is 19.5. The van der Waals surface area contributed by atoms with Crippen LogP contribution in [0, 0.1) is 0 Å². The summed E-state index contributed by atoms with van der Waals surface area (Å²) in [5, 5.41) is 26.2. The molecular weight excluding hydrogens is 296 g/mol. The summed E-state index contributed by atoms with van der Waals surface area (Å²) in [6, 6.07) is -1.09. The van der Waals surface area contributed by atoms with Crippen LogP contribution < -0.4 is 21.3 Å². The molecule has 0 saturated carbocycles. The summed E-state index contributed by atoms with van der Waals surface area (Å²) in [6.45, 7) is 3.04. The van der Waals surface area contributed by atoms with E-state index < -0.39 is 35.6 Å². The van der Waals surface area contributed by atoms with Crippen LogP contribution in [0.4, 0.5) is 9.59 Å². The van der Waals surface area contributed by atoms with Crippen molar-refractivity contribution in [2.45, 2.75) is 38.3 Å². The monoisotopic (exact) mass is 318 g/mol. The molecule has 0 aliphatic heterocycles. The van der Waals surface area contributed by atoms with Crippen LogP contribution in [0.15, 0.2) is 0 Å². The number of likely N-dealkylation sites (N-methyl/N-ethyl adjacent to an activating group) is 1. The Balaban J connectivity index is 4.66. The molecule has 0 rings (SSSR count). The first-order valence-electron chi connectivity index (χ1n) is 6.60. The average Bonchev–Trinajstić information content (AvgIpc) is 2.39.